The molecule has 2 aromatic carbocycles. The van der Waals surface area contributed by atoms with Crippen LogP contribution in [0.15, 0.2) is 72.0 Å². The normalized spacial score (nSPS) is 16.9. The minimum Gasteiger partial charge on any atom is -0.480 e. The zero-order valence-corrected chi connectivity index (χ0v) is 32.9. The van der Waals surface area contributed by atoms with E-state index in [4.69, 9.17) is 25.5 Å². The fraction of sp³-hybridized carbons (Fsp3) is 0.488. The van der Waals surface area contributed by atoms with Crippen molar-refractivity contribution in [2.24, 2.45) is 16.4 Å². The van der Waals surface area contributed by atoms with Crippen molar-refractivity contribution in [1.29, 1.82) is 0 Å². The minimum atomic E-state index is -1.55. The van der Waals surface area contributed by atoms with Crippen molar-refractivity contribution >= 4 is 40.8 Å². The summed E-state index contributed by atoms with van der Waals surface area (Å²) in [6, 6.07) is 17.7. The molecule has 1 aliphatic heterocycles. The van der Waals surface area contributed by atoms with Crippen molar-refractivity contribution in [3.8, 4) is 11.3 Å². The molecule has 5 rings (SSSR count). The highest BCUT2D eigenvalue weighted by molar-refractivity contribution is 6.13. The number of aliphatic hydroxyl groups is 5. The number of carboxylic acid groups (broad SMARTS) is 1. The number of carboxylic acids is 1. The van der Waals surface area contributed by atoms with Crippen LogP contribution >= 0.6 is 0 Å². The highest BCUT2D eigenvalue weighted by Gasteiger charge is 2.36. The van der Waals surface area contributed by atoms with Crippen molar-refractivity contribution in [1.82, 2.24) is 14.9 Å². The van der Waals surface area contributed by atoms with E-state index < -0.39 is 54.3 Å². The number of nitrogens with zero attached hydrogens (tertiary/aromatic N) is 4. The first-order valence-corrected chi connectivity index (χ1v) is 19.1. The van der Waals surface area contributed by atoms with E-state index in [0.29, 0.717) is 17.1 Å². The predicted molar refractivity (Wildman–Crippen MR) is 215 cm³/mol. The number of fused-ring (bicyclic) bond motifs is 1. The SMILES string of the molecule is CC(C)(C)C(=O)CN1C(=O)N(CC(=O)Nc2cccc(-c3cccn3CC(=O)O)c2)N=C(C2CCCCC2)c2ccccc21.CNC[C@H](O)[C@@H](O)[C@H](O)[C@H](O)CO. The third-order valence-corrected chi connectivity index (χ3v) is 9.89. The number of carbonyl (C=O) groups excluding carboxylic acids is 3. The summed E-state index contributed by atoms with van der Waals surface area (Å²) in [5.74, 6) is -1.37. The van der Waals surface area contributed by atoms with Crippen LogP contribution in [0.3, 0.4) is 0 Å². The summed E-state index contributed by atoms with van der Waals surface area (Å²) in [4.78, 5) is 53.5. The van der Waals surface area contributed by atoms with Gasteiger partial charge in [0.2, 0.25) is 5.91 Å². The number of para-hydroxylation sites is 1. The second-order valence-electron chi connectivity index (χ2n) is 15.3. The number of likely N-dealkylation sites (N-methyl/N-ethyl adjacent to an activating group) is 1. The van der Waals surface area contributed by atoms with Gasteiger partial charge in [0.25, 0.3) is 0 Å². The van der Waals surface area contributed by atoms with Gasteiger partial charge in [0.15, 0.2) is 5.78 Å². The smallest absolute Gasteiger partial charge is 0.345 e. The average molecular weight is 793 g/mol. The lowest BCUT2D eigenvalue weighted by Gasteiger charge is -2.28. The molecule has 16 heteroatoms. The zero-order valence-electron chi connectivity index (χ0n) is 32.9. The highest BCUT2D eigenvalue weighted by Crippen LogP contribution is 2.35. The lowest BCUT2D eigenvalue weighted by molar-refractivity contribution is -0.137. The number of urea groups is 1. The van der Waals surface area contributed by atoms with Gasteiger partial charge >= 0.3 is 12.0 Å². The number of benzene rings is 2. The fourth-order valence-electron chi connectivity index (χ4n) is 6.65. The molecule has 1 fully saturated rings. The first kappa shape index (κ1) is 44.7. The van der Waals surface area contributed by atoms with Gasteiger partial charge in [-0.2, -0.15) is 5.10 Å². The average Bonchev–Trinajstić information content (AvgIpc) is 3.61. The topological polar surface area (TPSA) is 237 Å². The van der Waals surface area contributed by atoms with Crippen molar-refractivity contribution in [2.75, 3.05) is 43.5 Å². The Morgan fingerprint density at radius 1 is 0.877 bits per heavy atom. The van der Waals surface area contributed by atoms with Crippen LogP contribution in [0.5, 0.6) is 0 Å². The molecule has 4 atom stereocenters. The lowest BCUT2D eigenvalue weighted by atomic mass is 9.83. The summed E-state index contributed by atoms with van der Waals surface area (Å²) in [7, 11) is 1.57. The van der Waals surface area contributed by atoms with Crippen LogP contribution in [0, 0.1) is 11.3 Å². The van der Waals surface area contributed by atoms with E-state index >= 15 is 0 Å². The molecule has 2 heterocycles. The number of nitrogens with one attached hydrogen (secondary N) is 2. The molecule has 1 aliphatic carbocycles. The maximum atomic E-state index is 14.1. The molecule has 3 aromatic rings. The summed E-state index contributed by atoms with van der Waals surface area (Å²) in [6.07, 6.45) is 1.22. The number of hydrazone groups is 1. The highest BCUT2D eigenvalue weighted by atomic mass is 16.4. The van der Waals surface area contributed by atoms with Crippen LogP contribution in [0.2, 0.25) is 0 Å². The number of aliphatic carboxylic acids is 1. The molecular formula is C41H56N6O10. The Morgan fingerprint density at radius 2 is 1.56 bits per heavy atom. The van der Waals surface area contributed by atoms with Crippen LogP contribution in [-0.4, -0.2) is 127 Å². The number of anilines is 2. The quantitative estimate of drug-likeness (QED) is 0.111. The summed E-state index contributed by atoms with van der Waals surface area (Å²) in [6.45, 7) is 4.24. The van der Waals surface area contributed by atoms with Gasteiger partial charge in [0, 0.05) is 46.6 Å². The third-order valence-electron chi connectivity index (χ3n) is 9.89. The molecule has 3 amide bonds. The summed E-state index contributed by atoms with van der Waals surface area (Å²) >= 11 is 0. The second-order valence-corrected chi connectivity index (χ2v) is 15.3. The molecule has 57 heavy (non-hydrogen) atoms. The van der Waals surface area contributed by atoms with Crippen LogP contribution in [0.4, 0.5) is 16.2 Å². The van der Waals surface area contributed by atoms with Gasteiger partial charge in [0.1, 0.15) is 31.4 Å². The van der Waals surface area contributed by atoms with Crippen molar-refractivity contribution in [3.05, 3.63) is 72.4 Å². The van der Waals surface area contributed by atoms with Crippen molar-refractivity contribution in [2.45, 2.75) is 83.8 Å². The minimum absolute atomic E-state index is 0.0936. The fourth-order valence-corrected chi connectivity index (χ4v) is 6.65. The van der Waals surface area contributed by atoms with E-state index in [1.165, 1.54) is 9.91 Å². The number of aliphatic hydroxyl groups excluding tert-OH is 5. The van der Waals surface area contributed by atoms with Gasteiger partial charge in [-0.15, -0.1) is 0 Å². The van der Waals surface area contributed by atoms with Gasteiger partial charge in [-0.1, -0.05) is 70.4 Å². The molecule has 1 saturated carbocycles. The number of aromatic nitrogens is 1. The monoisotopic (exact) mass is 792 g/mol. The first-order chi connectivity index (χ1) is 27.0. The Labute approximate surface area is 332 Å². The zero-order chi connectivity index (χ0) is 41.9. The number of carbonyl (C=O) groups is 4. The number of rotatable bonds is 15. The van der Waals surface area contributed by atoms with E-state index in [1.54, 1.807) is 42.1 Å². The van der Waals surface area contributed by atoms with Crippen molar-refractivity contribution < 1.29 is 49.8 Å². The number of ketones is 1. The molecule has 0 unspecified atom stereocenters. The first-order valence-electron chi connectivity index (χ1n) is 19.1. The maximum Gasteiger partial charge on any atom is 0.345 e. The number of hydrogen-bond donors (Lipinski definition) is 8. The molecular weight excluding hydrogens is 736 g/mol. The van der Waals surface area contributed by atoms with Gasteiger partial charge in [-0.3, -0.25) is 19.3 Å². The Morgan fingerprint density at radius 3 is 2.21 bits per heavy atom. The molecule has 0 bridgehead atoms. The third kappa shape index (κ3) is 12.0. The Kier molecular flexibility index (Phi) is 16.1. The van der Waals surface area contributed by atoms with Crippen LogP contribution in [0.1, 0.15) is 58.4 Å². The standard InChI is InChI=1S/C34H39N5O5.C7H17NO5/c1-34(2,3)29(40)20-38-28-16-8-7-15-26(28)32(23-11-5-4-6-12-23)36-39(33(38)44)21-30(41)35-25-14-9-13-24(19-25)27-17-10-18-37(27)22-31(42)43;1-8-2-4(10)6(12)7(13)5(11)3-9/h7-10,13-19,23H,4-6,11-12,20-22H2,1-3H3,(H,35,41)(H,42,43);4-13H,2-3H2,1H3/t;4-,5+,6+,7+/m.0/s1. The predicted octanol–water partition coefficient (Wildman–Crippen LogP) is 2.66. The maximum absolute atomic E-state index is 14.1. The van der Waals surface area contributed by atoms with E-state index in [0.717, 1.165) is 48.9 Å². The Bertz CT molecular complexity index is 1870. The Hall–Kier alpha value is -4.97. The van der Waals surface area contributed by atoms with Gasteiger partial charge in [-0.25, -0.2) is 9.80 Å². The number of amides is 3. The largest absolute Gasteiger partial charge is 0.480 e. The molecule has 8 N–H and O–H groups in total. The molecule has 0 saturated heterocycles. The van der Waals surface area contributed by atoms with Crippen molar-refractivity contribution in [3.63, 3.8) is 0 Å². The molecule has 16 nitrogen and oxygen atoms in total. The number of hydrogen-bond acceptors (Lipinski definition) is 11. The second kappa shape index (κ2) is 20.5. The summed E-state index contributed by atoms with van der Waals surface area (Å²) < 4.78 is 1.62. The summed E-state index contributed by atoms with van der Waals surface area (Å²) in [5.41, 5.74) is 3.48. The van der Waals surface area contributed by atoms with Gasteiger partial charge in [-0.05, 0) is 50.2 Å². The van der Waals surface area contributed by atoms with E-state index in [-0.39, 0.29) is 37.9 Å². The lowest BCUT2D eigenvalue weighted by Crippen LogP contribution is -2.48. The van der Waals surface area contributed by atoms with Crippen LogP contribution in [0.25, 0.3) is 11.3 Å². The van der Waals surface area contributed by atoms with E-state index in [9.17, 15) is 29.4 Å². The van der Waals surface area contributed by atoms with E-state index in [2.05, 4.69) is 10.6 Å². The molecule has 1 aromatic heterocycles. The van der Waals surface area contributed by atoms with Gasteiger partial charge < -0.3 is 45.8 Å². The Balaban J connectivity index is 0.000000476. The van der Waals surface area contributed by atoms with E-state index in [1.807, 2.05) is 57.2 Å². The molecule has 2 aliphatic rings. The van der Waals surface area contributed by atoms with Gasteiger partial charge in [0.05, 0.1) is 30.7 Å². The molecule has 310 valence electrons. The molecule has 0 radical (unpaired) electrons. The molecule has 0 spiro atoms. The van der Waals surface area contributed by atoms with Crippen LogP contribution in [-0.2, 0) is 20.9 Å². The number of Topliss-reactive ketones (excluding diaryl/α,β-unsaturated/α-hetero) is 1. The summed E-state index contributed by atoms with van der Waals surface area (Å²) in [5, 5.41) is 65.6. The van der Waals surface area contributed by atoms with Crippen LogP contribution < -0.4 is 15.5 Å².